The second-order valence-corrected chi connectivity index (χ2v) is 6.95. The van der Waals surface area contributed by atoms with Gasteiger partial charge in [0, 0.05) is 16.0 Å². The number of ether oxygens (including phenoxy) is 2. The minimum Gasteiger partial charge on any atom is -0.475 e. The summed E-state index contributed by atoms with van der Waals surface area (Å²) in [4.78, 5) is 4.63. The van der Waals surface area contributed by atoms with Gasteiger partial charge in [0.15, 0.2) is 0 Å². The third kappa shape index (κ3) is 3.48. The standard InChI is InChI=1S/C19H18BrNO2/c20-15-8-6-13(7-9-15)17-10-18(17)22-11-16-12-23-19(21-16)14-4-2-1-3-5-14/h1-9,16-18H,10-12H2/t16?,17?,18-/m1/s1. The Hall–Kier alpha value is -1.65. The topological polar surface area (TPSA) is 30.8 Å². The van der Waals surface area contributed by atoms with E-state index < -0.39 is 0 Å². The number of rotatable bonds is 5. The Morgan fingerprint density at radius 2 is 1.87 bits per heavy atom. The first-order chi connectivity index (χ1) is 11.3. The van der Waals surface area contributed by atoms with Crippen LogP contribution >= 0.6 is 15.9 Å². The molecule has 0 saturated heterocycles. The molecule has 2 aliphatic rings. The molecule has 1 aliphatic heterocycles. The minimum absolute atomic E-state index is 0.108. The molecule has 2 aromatic rings. The maximum Gasteiger partial charge on any atom is 0.216 e. The van der Waals surface area contributed by atoms with Crippen molar-refractivity contribution in [3.8, 4) is 0 Å². The molecule has 23 heavy (non-hydrogen) atoms. The predicted molar refractivity (Wildman–Crippen MR) is 94.0 cm³/mol. The van der Waals surface area contributed by atoms with Gasteiger partial charge in [-0.15, -0.1) is 0 Å². The summed E-state index contributed by atoms with van der Waals surface area (Å²) < 4.78 is 12.8. The highest BCUT2D eigenvalue weighted by Gasteiger charge is 2.40. The van der Waals surface area contributed by atoms with Crippen LogP contribution in [0.3, 0.4) is 0 Å². The van der Waals surface area contributed by atoms with E-state index in [1.807, 2.05) is 30.3 Å². The molecular formula is C19H18BrNO2. The quantitative estimate of drug-likeness (QED) is 0.789. The van der Waals surface area contributed by atoms with Crippen LogP contribution in [0.4, 0.5) is 0 Å². The molecule has 1 heterocycles. The monoisotopic (exact) mass is 371 g/mol. The van der Waals surface area contributed by atoms with Crippen LogP contribution in [-0.2, 0) is 9.47 Å². The number of benzene rings is 2. The predicted octanol–water partition coefficient (Wildman–Crippen LogP) is 4.17. The fraction of sp³-hybridized carbons (Fsp3) is 0.316. The van der Waals surface area contributed by atoms with E-state index in [0.29, 0.717) is 25.2 Å². The van der Waals surface area contributed by atoms with Gasteiger partial charge in [0.1, 0.15) is 12.6 Å². The van der Waals surface area contributed by atoms with Crippen LogP contribution < -0.4 is 0 Å². The van der Waals surface area contributed by atoms with Gasteiger partial charge in [-0.3, -0.25) is 0 Å². The van der Waals surface area contributed by atoms with Gasteiger partial charge in [0.2, 0.25) is 5.90 Å². The van der Waals surface area contributed by atoms with E-state index in [1.54, 1.807) is 0 Å². The normalized spacial score (nSPS) is 25.8. The molecule has 0 amide bonds. The summed E-state index contributed by atoms with van der Waals surface area (Å²) in [7, 11) is 0. The zero-order chi connectivity index (χ0) is 15.6. The Balaban J connectivity index is 1.30. The van der Waals surface area contributed by atoms with Crippen molar-refractivity contribution in [1.29, 1.82) is 0 Å². The molecule has 0 bridgehead atoms. The Bertz CT molecular complexity index is 699. The van der Waals surface area contributed by atoms with Crippen molar-refractivity contribution >= 4 is 21.8 Å². The first-order valence-corrected chi connectivity index (χ1v) is 8.72. The zero-order valence-corrected chi connectivity index (χ0v) is 14.3. The van der Waals surface area contributed by atoms with Crippen molar-refractivity contribution in [3.63, 3.8) is 0 Å². The van der Waals surface area contributed by atoms with Crippen LogP contribution in [-0.4, -0.2) is 31.3 Å². The molecule has 2 unspecified atom stereocenters. The third-order valence-corrected chi connectivity index (χ3v) is 4.79. The number of halogens is 1. The smallest absolute Gasteiger partial charge is 0.216 e. The molecule has 1 aliphatic carbocycles. The number of nitrogens with zero attached hydrogens (tertiary/aromatic N) is 1. The largest absolute Gasteiger partial charge is 0.475 e. The maximum absolute atomic E-state index is 6.02. The molecule has 3 atom stereocenters. The average molecular weight is 372 g/mol. The summed E-state index contributed by atoms with van der Waals surface area (Å²) in [6.45, 7) is 1.24. The molecule has 4 heteroatoms. The van der Waals surface area contributed by atoms with Crippen LogP contribution in [0.25, 0.3) is 0 Å². The summed E-state index contributed by atoms with van der Waals surface area (Å²) >= 11 is 3.47. The van der Waals surface area contributed by atoms with Gasteiger partial charge in [0.25, 0.3) is 0 Å². The fourth-order valence-corrected chi connectivity index (χ4v) is 3.16. The SMILES string of the molecule is Brc1ccc(C2C[C@H]2OCC2COC(c3ccccc3)=N2)cc1. The lowest BCUT2D eigenvalue weighted by molar-refractivity contribution is 0.0961. The van der Waals surface area contributed by atoms with Crippen molar-refractivity contribution in [2.45, 2.75) is 24.5 Å². The summed E-state index contributed by atoms with van der Waals surface area (Å²) in [5, 5.41) is 0. The van der Waals surface area contributed by atoms with Crippen LogP contribution in [0, 0.1) is 0 Å². The molecule has 1 fully saturated rings. The van der Waals surface area contributed by atoms with Crippen molar-refractivity contribution in [1.82, 2.24) is 0 Å². The minimum atomic E-state index is 0.108. The average Bonchev–Trinajstić information content (AvgIpc) is 3.21. The van der Waals surface area contributed by atoms with E-state index in [-0.39, 0.29) is 6.04 Å². The van der Waals surface area contributed by atoms with Crippen molar-refractivity contribution in [3.05, 3.63) is 70.2 Å². The summed E-state index contributed by atoms with van der Waals surface area (Å²) in [6.07, 6.45) is 1.43. The third-order valence-electron chi connectivity index (χ3n) is 4.27. The molecule has 3 nitrogen and oxygen atoms in total. The summed E-state index contributed by atoms with van der Waals surface area (Å²) in [5.41, 5.74) is 2.39. The molecule has 0 spiro atoms. The zero-order valence-electron chi connectivity index (χ0n) is 12.7. The van der Waals surface area contributed by atoms with Gasteiger partial charge in [-0.25, -0.2) is 4.99 Å². The number of aliphatic imine (C=N–C) groups is 1. The molecule has 1 saturated carbocycles. The Labute approximate surface area is 144 Å². The second kappa shape index (κ2) is 6.46. The highest BCUT2D eigenvalue weighted by Crippen LogP contribution is 2.43. The van der Waals surface area contributed by atoms with Gasteiger partial charge < -0.3 is 9.47 Å². The van der Waals surface area contributed by atoms with Crippen LogP contribution in [0.1, 0.15) is 23.5 Å². The van der Waals surface area contributed by atoms with E-state index in [0.717, 1.165) is 22.4 Å². The van der Waals surface area contributed by atoms with E-state index in [9.17, 15) is 0 Å². The van der Waals surface area contributed by atoms with E-state index in [2.05, 4.69) is 45.2 Å². The maximum atomic E-state index is 6.02. The fourth-order valence-electron chi connectivity index (χ4n) is 2.89. The van der Waals surface area contributed by atoms with Crippen LogP contribution in [0.5, 0.6) is 0 Å². The summed E-state index contributed by atoms with van der Waals surface area (Å²) in [6, 6.07) is 18.7. The molecule has 4 rings (SSSR count). The Morgan fingerprint density at radius 3 is 2.65 bits per heavy atom. The lowest BCUT2D eigenvalue weighted by Crippen LogP contribution is -2.16. The number of hydrogen-bond acceptors (Lipinski definition) is 3. The van der Waals surface area contributed by atoms with Gasteiger partial charge >= 0.3 is 0 Å². The van der Waals surface area contributed by atoms with Crippen molar-refractivity contribution in [2.75, 3.05) is 13.2 Å². The van der Waals surface area contributed by atoms with Gasteiger partial charge in [-0.1, -0.05) is 46.3 Å². The highest BCUT2D eigenvalue weighted by molar-refractivity contribution is 9.10. The first-order valence-electron chi connectivity index (χ1n) is 7.93. The molecule has 118 valence electrons. The molecule has 0 radical (unpaired) electrons. The lowest BCUT2D eigenvalue weighted by Gasteiger charge is -2.06. The van der Waals surface area contributed by atoms with E-state index >= 15 is 0 Å². The van der Waals surface area contributed by atoms with Crippen molar-refractivity contribution in [2.24, 2.45) is 4.99 Å². The van der Waals surface area contributed by atoms with Gasteiger partial charge in [-0.2, -0.15) is 0 Å². The van der Waals surface area contributed by atoms with Gasteiger partial charge in [0.05, 0.1) is 12.7 Å². The summed E-state index contributed by atoms with van der Waals surface area (Å²) in [5.74, 6) is 1.27. The molecule has 2 aromatic carbocycles. The molecular weight excluding hydrogens is 354 g/mol. The molecule has 0 N–H and O–H groups in total. The second-order valence-electron chi connectivity index (χ2n) is 6.03. The van der Waals surface area contributed by atoms with Crippen LogP contribution in [0.15, 0.2) is 64.1 Å². The van der Waals surface area contributed by atoms with E-state index in [1.165, 1.54) is 5.56 Å². The first kappa shape index (κ1) is 14.9. The Kier molecular flexibility index (Phi) is 4.19. The molecule has 0 aromatic heterocycles. The van der Waals surface area contributed by atoms with Crippen molar-refractivity contribution < 1.29 is 9.47 Å². The van der Waals surface area contributed by atoms with Gasteiger partial charge in [-0.05, 0) is 36.2 Å². The lowest BCUT2D eigenvalue weighted by atomic mass is 10.1. The highest BCUT2D eigenvalue weighted by atomic mass is 79.9. The Morgan fingerprint density at radius 1 is 1.09 bits per heavy atom. The number of hydrogen-bond donors (Lipinski definition) is 0. The van der Waals surface area contributed by atoms with Crippen LogP contribution in [0.2, 0.25) is 0 Å². The van der Waals surface area contributed by atoms with E-state index in [4.69, 9.17) is 9.47 Å².